The highest BCUT2D eigenvalue weighted by molar-refractivity contribution is 7.09. The minimum Gasteiger partial charge on any atom is -0.481 e. The van der Waals surface area contributed by atoms with Gasteiger partial charge in [-0.1, -0.05) is 64.4 Å². The zero-order chi connectivity index (χ0) is 38.1. The average Bonchev–Trinajstić information content (AvgIpc) is 3.83. The van der Waals surface area contributed by atoms with E-state index in [1.54, 1.807) is 24.3 Å². The number of nitrogens with zero attached hydrogens (tertiary/aromatic N) is 3. The van der Waals surface area contributed by atoms with E-state index in [0.717, 1.165) is 44.2 Å². The Balaban J connectivity index is 1.51. The molecule has 7 atom stereocenters. The molecule has 4 rings (SSSR count). The normalized spacial score (nSPS) is 19.8. The van der Waals surface area contributed by atoms with Crippen LogP contribution in [0.5, 0.6) is 0 Å². The highest BCUT2D eigenvalue weighted by atomic mass is 32.1. The van der Waals surface area contributed by atoms with Crippen LogP contribution >= 0.6 is 11.3 Å². The molecule has 12 nitrogen and oxygen atoms in total. The summed E-state index contributed by atoms with van der Waals surface area (Å²) in [6.45, 7) is 9.82. The second-order valence-corrected chi connectivity index (χ2v) is 16.1. The number of amides is 3. The molecule has 0 bridgehead atoms. The van der Waals surface area contributed by atoms with Crippen molar-refractivity contribution in [1.82, 2.24) is 25.4 Å². The summed E-state index contributed by atoms with van der Waals surface area (Å²) < 4.78 is 5.79. The molecule has 2 heterocycles. The number of aromatic nitrogens is 1. The maximum atomic E-state index is 14.3. The Morgan fingerprint density at radius 1 is 1.02 bits per heavy atom. The molecule has 2 aromatic rings. The van der Waals surface area contributed by atoms with Crippen LogP contribution < -0.4 is 10.6 Å². The first-order valence-corrected chi connectivity index (χ1v) is 19.5. The van der Waals surface area contributed by atoms with Crippen molar-refractivity contribution >= 4 is 41.0 Å². The molecule has 3 N–H and O–H groups in total. The maximum absolute atomic E-state index is 14.3. The van der Waals surface area contributed by atoms with Gasteiger partial charge in [-0.05, 0) is 75.4 Å². The van der Waals surface area contributed by atoms with Gasteiger partial charge in [-0.2, -0.15) is 0 Å². The number of carbonyl (C=O) groups excluding carboxylic acids is 4. The van der Waals surface area contributed by atoms with Crippen LogP contribution in [-0.2, 0) is 30.3 Å². The van der Waals surface area contributed by atoms with Crippen LogP contribution in [0.1, 0.15) is 107 Å². The van der Waals surface area contributed by atoms with Crippen LogP contribution in [0.15, 0.2) is 35.7 Å². The number of likely N-dealkylation sites (N-methyl/N-ethyl adjacent to an activating group) is 2. The minimum atomic E-state index is -0.942. The minimum absolute atomic E-state index is 0.0332. The predicted molar refractivity (Wildman–Crippen MR) is 200 cm³/mol. The lowest BCUT2D eigenvalue weighted by molar-refractivity contribution is -0.149. The van der Waals surface area contributed by atoms with Gasteiger partial charge in [-0.25, -0.2) is 4.98 Å². The van der Waals surface area contributed by atoms with E-state index >= 15 is 0 Å². The lowest BCUT2D eigenvalue weighted by Gasteiger charge is -2.38. The number of rotatable bonds is 18. The molecule has 1 saturated carbocycles. The molecule has 3 amide bonds. The van der Waals surface area contributed by atoms with Crippen molar-refractivity contribution in [3.8, 4) is 0 Å². The fourth-order valence-electron chi connectivity index (χ4n) is 7.27. The Bertz CT molecular complexity index is 1530. The zero-order valence-corrected chi connectivity index (χ0v) is 32.5. The smallest absolute Gasteiger partial charge is 0.306 e. The second-order valence-electron chi connectivity index (χ2n) is 15.2. The lowest BCUT2D eigenvalue weighted by Crippen LogP contribution is -2.58. The predicted octanol–water partition coefficient (Wildman–Crippen LogP) is 5.09. The fraction of sp³-hybridized carbons (Fsp3) is 0.641. The number of thiazole rings is 1. The summed E-state index contributed by atoms with van der Waals surface area (Å²) in [4.78, 5) is 73.7. The molecule has 52 heavy (non-hydrogen) atoms. The Kier molecular flexibility index (Phi) is 14.8. The molecule has 1 aliphatic heterocycles. The number of carboxylic acid groups (broad SMARTS) is 1. The number of esters is 1. The molecule has 2 fully saturated rings. The Morgan fingerprint density at radius 3 is 2.31 bits per heavy atom. The molecule has 0 spiro atoms. The third kappa shape index (κ3) is 11.3. The number of aliphatic carboxylic acids is 1. The Morgan fingerprint density at radius 2 is 1.71 bits per heavy atom. The largest absolute Gasteiger partial charge is 0.481 e. The van der Waals surface area contributed by atoms with Crippen molar-refractivity contribution in [2.75, 3.05) is 20.6 Å². The van der Waals surface area contributed by atoms with Crippen molar-refractivity contribution in [3.05, 3.63) is 52.0 Å². The fourth-order valence-corrected chi connectivity index (χ4v) is 8.11. The number of ether oxygens (including phenoxy) is 1. The van der Waals surface area contributed by atoms with Gasteiger partial charge in [-0.15, -0.1) is 11.3 Å². The van der Waals surface area contributed by atoms with Gasteiger partial charge < -0.3 is 25.4 Å². The van der Waals surface area contributed by atoms with Gasteiger partial charge in [0.25, 0.3) is 5.91 Å². The summed E-state index contributed by atoms with van der Waals surface area (Å²) in [5.74, 6) is -2.57. The number of carbonyl (C=O) groups is 5. The molecule has 1 aromatic heterocycles. The molecule has 1 aliphatic carbocycles. The number of benzene rings is 1. The van der Waals surface area contributed by atoms with Crippen molar-refractivity contribution in [2.24, 2.45) is 23.7 Å². The molecule has 1 aromatic carbocycles. The van der Waals surface area contributed by atoms with Gasteiger partial charge in [0.15, 0.2) is 6.10 Å². The quantitative estimate of drug-likeness (QED) is 0.177. The van der Waals surface area contributed by atoms with E-state index in [1.165, 1.54) is 18.3 Å². The number of piperidine rings is 1. The van der Waals surface area contributed by atoms with E-state index in [4.69, 9.17) is 4.74 Å². The van der Waals surface area contributed by atoms with Gasteiger partial charge in [0.05, 0.1) is 12.0 Å². The van der Waals surface area contributed by atoms with Crippen molar-refractivity contribution in [3.63, 3.8) is 0 Å². The molecule has 2 aliphatic rings. The van der Waals surface area contributed by atoms with Crippen molar-refractivity contribution < 1.29 is 33.8 Å². The molecular formula is C39H57N5O7S. The molecule has 13 heteroatoms. The highest BCUT2D eigenvalue weighted by Crippen LogP contribution is 2.39. The van der Waals surface area contributed by atoms with E-state index in [9.17, 15) is 29.1 Å². The van der Waals surface area contributed by atoms with Crippen LogP contribution in [-0.4, -0.2) is 94.4 Å². The van der Waals surface area contributed by atoms with Crippen LogP contribution in [0.2, 0.25) is 0 Å². The van der Waals surface area contributed by atoms with Crippen molar-refractivity contribution in [2.45, 2.75) is 116 Å². The third-order valence-electron chi connectivity index (χ3n) is 10.7. The molecule has 1 saturated heterocycles. The average molecular weight is 740 g/mol. The third-order valence-corrected chi connectivity index (χ3v) is 11.6. The van der Waals surface area contributed by atoms with E-state index < -0.39 is 42.0 Å². The van der Waals surface area contributed by atoms with Gasteiger partial charge in [-0.3, -0.25) is 28.9 Å². The number of carboxylic acids is 1. The van der Waals surface area contributed by atoms with E-state index in [2.05, 4.69) is 20.5 Å². The van der Waals surface area contributed by atoms with E-state index in [1.807, 2.05) is 58.2 Å². The second kappa shape index (κ2) is 18.8. The van der Waals surface area contributed by atoms with E-state index in [-0.39, 0.29) is 54.3 Å². The standard InChI is InChI=1S/C39H57N5O7S/c1-23(2)32(44(7)38(48)34(25(4)28-16-17-28)42-36(47)31-15-11-12-18-43(31)6)21-33(51-26(5)45)37-41-30(22-52-37)35(46)40-29(19-24(3)39(49)50)20-27-13-9-8-10-14-27/h8-10,13-14,22-25,28-29,31-34H,11-12,15-21H2,1-7H3,(H,40,46)(H,42,47)(H,49,50)/t24-,25-,29+,31+,32+,33+,34-/m0/s1. The monoisotopic (exact) mass is 739 g/mol. The lowest BCUT2D eigenvalue weighted by atomic mass is 9.91. The maximum Gasteiger partial charge on any atom is 0.306 e. The van der Waals surface area contributed by atoms with Crippen LogP contribution in [0.3, 0.4) is 0 Å². The topological polar surface area (TPSA) is 158 Å². The first kappa shape index (κ1) is 40.9. The summed E-state index contributed by atoms with van der Waals surface area (Å²) in [7, 11) is 3.70. The SMILES string of the molecule is CC(=O)O[C@H](C[C@H](C(C)C)N(C)C(=O)[C@@H](NC(=O)[C@H]1CCCCN1C)[C@@H](C)C1CC1)c1nc(C(=O)N[C@@H](Cc2ccccc2)C[C@H](C)C(=O)O)cs1. The number of likely N-dealkylation sites (tertiary alicyclic amines) is 1. The molecular weight excluding hydrogens is 683 g/mol. The van der Waals surface area contributed by atoms with Crippen molar-refractivity contribution in [1.29, 1.82) is 0 Å². The van der Waals surface area contributed by atoms with Crippen LogP contribution in [0, 0.1) is 23.7 Å². The number of nitrogens with one attached hydrogen (secondary N) is 2. The number of hydrogen-bond donors (Lipinski definition) is 3. The zero-order valence-electron chi connectivity index (χ0n) is 31.7. The van der Waals surface area contributed by atoms with Gasteiger partial charge in [0.1, 0.15) is 16.7 Å². The first-order chi connectivity index (χ1) is 24.7. The number of hydrogen-bond acceptors (Lipinski definition) is 9. The molecule has 286 valence electrons. The summed E-state index contributed by atoms with van der Waals surface area (Å²) >= 11 is 1.19. The van der Waals surface area contributed by atoms with Gasteiger partial charge >= 0.3 is 11.9 Å². The molecule has 0 radical (unpaired) electrons. The van der Waals surface area contributed by atoms with Gasteiger partial charge in [0, 0.05) is 37.9 Å². The van der Waals surface area contributed by atoms with Crippen LogP contribution in [0.25, 0.3) is 0 Å². The molecule has 0 unspecified atom stereocenters. The van der Waals surface area contributed by atoms with Gasteiger partial charge in [0.2, 0.25) is 11.8 Å². The Labute approximate surface area is 312 Å². The summed E-state index contributed by atoms with van der Waals surface area (Å²) in [5.41, 5.74) is 1.10. The Hall–Kier alpha value is -3.84. The highest BCUT2D eigenvalue weighted by Gasteiger charge is 2.42. The van der Waals surface area contributed by atoms with Crippen LogP contribution in [0.4, 0.5) is 0 Å². The summed E-state index contributed by atoms with van der Waals surface area (Å²) in [6, 6.07) is 7.77. The summed E-state index contributed by atoms with van der Waals surface area (Å²) in [5, 5.41) is 17.7. The van der Waals surface area contributed by atoms with E-state index in [0.29, 0.717) is 17.3 Å². The first-order valence-electron chi connectivity index (χ1n) is 18.6. The summed E-state index contributed by atoms with van der Waals surface area (Å²) in [6.07, 6.45) is 4.94.